The van der Waals surface area contributed by atoms with Gasteiger partial charge >= 0.3 is 0 Å². The maximum Gasteiger partial charge on any atom is 0.159 e. The summed E-state index contributed by atoms with van der Waals surface area (Å²) in [5.41, 5.74) is 5.89. The summed E-state index contributed by atoms with van der Waals surface area (Å²) in [5, 5.41) is 4.69. The number of hydrogen-bond acceptors (Lipinski definition) is 2. The zero-order valence-corrected chi connectivity index (χ0v) is 18.1. The number of fused-ring (bicyclic) bond motifs is 2. The number of carbonyl (C=O) groups is 2. The van der Waals surface area contributed by atoms with E-state index in [1.807, 2.05) is 48.5 Å². The van der Waals surface area contributed by atoms with Crippen LogP contribution >= 0.6 is 0 Å². The number of Topliss-reactive ketones (excluding diaryl/α,β-unsaturated/α-hetero) is 2. The van der Waals surface area contributed by atoms with Crippen molar-refractivity contribution in [2.24, 2.45) is 0 Å². The third-order valence-corrected chi connectivity index (χ3v) is 6.08. The van der Waals surface area contributed by atoms with Crippen LogP contribution in [0.25, 0.3) is 43.8 Å². The monoisotopic (exact) mass is 414 g/mol. The van der Waals surface area contributed by atoms with Gasteiger partial charge in [0.25, 0.3) is 0 Å². The van der Waals surface area contributed by atoms with Crippen molar-refractivity contribution in [2.45, 2.75) is 13.8 Å². The van der Waals surface area contributed by atoms with Crippen LogP contribution in [0.3, 0.4) is 0 Å². The third-order valence-electron chi connectivity index (χ3n) is 6.08. The lowest BCUT2D eigenvalue weighted by atomic mass is 9.91. The molecule has 32 heavy (non-hydrogen) atoms. The molecule has 0 saturated heterocycles. The smallest absolute Gasteiger partial charge is 0.159 e. The molecule has 0 aliphatic heterocycles. The van der Waals surface area contributed by atoms with Crippen molar-refractivity contribution in [3.8, 4) is 22.3 Å². The first-order chi connectivity index (χ1) is 15.5. The van der Waals surface area contributed by atoms with Crippen molar-refractivity contribution in [3.05, 3.63) is 108 Å². The maximum atomic E-state index is 11.7. The summed E-state index contributed by atoms with van der Waals surface area (Å²) in [7, 11) is 0. The highest BCUT2D eigenvalue weighted by atomic mass is 16.1. The van der Waals surface area contributed by atoms with Crippen LogP contribution in [-0.2, 0) is 0 Å². The molecular formula is C30H22O2. The van der Waals surface area contributed by atoms with Gasteiger partial charge in [0.15, 0.2) is 11.6 Å². The average Bonchev–Trinajstić information content (AvgIpc) is 2.82. The van der Waals surface area contributed by atoms with E-state index in [9.17, 15) is 9.59 Å². The van der Waals surface area contributed by atoms with E-state index >= 15 is 0 Å². The predicted octanol–water partition coefficient (Wildman–Crippen LogP) is 7.73. The fraction of sp³-hybridized carbons (Fsp3) is 0.0667. The molecule has 5 aromatic carbocycles. The molecule has 0 saturated carbocycles. The third kappa shape index (κ3) is 3.50. The van der Waals surface area contributed by atoms with Gasteiger partial charge in [-0.1, -0.05) is 84.9 Å². The molecule has 0 bridgehead atoms. The molecule has 2 nitrogen and oxygen atoms in total. The van der Waals surface area contributed by atoms with Crippen molar-refractivity contribution in [1.82, 2.24) is 0 Å². The Morgan fingerprint density at radius 1 is 0.500 bits per heavy atom. The molecule has 0 radical (unpaired) electrons. The van der Waals surface area contributed by atoms with Crippen LogP contribution in [0, 0.1) is 0 Å². The minimum Gasteiger partial charge on any atom is -0.295 e. The number of hydrogen-bond donors (Lipinski definition) is 0. The van der Waals surface area contributed by atoms with Crippen LogP contribution in [-0.4, -0.2) is 11.6 Å². The Bertz CT molecular complexity index is 1380. The van der Waals surface area contributed by atoms with E-state index < -0.39 is 0 Å². The molecular weight excluding hydrogens is 392 g/mol. The summed E-state index contributed by atoms with van der Waals surface area (Å²) in [6.07, 6.45) is 0. The van der Waals surface area contributed by atoms with E-state index in [-0.39, 0.29) is 11.6 Å². The number of benzene rings is 5. The fourth-order valence-electron chi connectivity index (χ4n) is 4.32. The predicted molar refractivity (Wildman–Crippen MR) is 132 cm³/mol. The zero-order valence-electron chi connectivity index (χ0n) is 18.1. The van der Waals surface area contributed by atoms with E-state index in [0.29, 0.717) is 0 Å². The molecule has 0 aliphatic rings. The van der Waals surface area contributed by atoms with Gasteiger partial charge in [-0.25, -0.2) is 0 Å². The maximum absolute atomic E-state index is 11.7. The molecule has 0 atom stereocenters. The topological polar surface area (TPSA) is 34.1 Å². The summed E-state index contributed by atoms with van der Waals surface area (Å²) >= 11 is 0. The number of ketones is 2. The van der Waals surface area contributed by atoms with Gasteiger partial charge in [-0.05, 0) is 69.8 Å². The first kappa shape index (κ1) is 19.9. The summed E-state index contributed by atoms with van der Waals surface area (Å²) < 4.78 is 0. The quantitative estimate of drug-likeness (QED) is 0.223. The Balaban J connectivity index is 1.71. The van der Waals surface area contributed by atoms with E-state index in [2.05, 4.69) is 48.5 Å². The summed E-state index contributed by atoms with van der Waals surface area (Å²) in [5.74, 6) is 0.141. The Morgan fingerprint density at radius 2 is 0.906 bits per heavy atom. The van der Waals surface area contributed by atoms with Gasteiger partial charge in [-0.3, -0.25) is 9.59 Å². The van der Waals surface area contributed by atoms with E-state index in [1.54, 1.807) is 13.8 Å². The first-order valence-corrected chi connectivity index (χ1v) is 10.7. The summed E-state index contributed by atoms with van der Waals surface area (Å²) in [4.78, 5) is 23.3. The van der Waals surface area contributed by atoms with Crippen LogP contribution < -0.4 is 0 Å². The molecule has 0 heterocycles. The molecule has 0 fully saturated rings. The average molecular weight is 415 g/mol. The summed E-state index contributed by atoms with van der Waals surface area (Å²) in [6.45, 7) is 3.17. The van der Waals surface area contributed by atoms with Crippen molar-refractivity contribution in [1.29, 1.82) is 0 Å². The largest absolute Gasteiger partial charge is 0.295 e. The Hall–Kier alpha value is -4.04. The Labute approximate surface area is 187 Å². The van der Waals surface area contributed by atoms with Gasteiger partial charge in [0.2, 0.25) is 0 Å². The molecule has 154 valence electrons. The van der Waals surface area contributed by atoms with Gasteiger partial charge < -0.3 is 0 Å². The van der Waals surface area contributed by atoms with Crippen molar-refractivity contribution >= 4 is 33.1 Å². The Kier molecular flexibility index (Phi) is 4.91. The van der Waals surface area contributed by atoms with Gasteiger partial charge in [0, 0.05) is 11.1 Å². The van der Waals surface area contributed by atoms with Crippen LogP contribution in [0.1, 0.15) is 34.6 Å². The van der Waals surface area contributed by atoms with Gasteiger partial charge in [0.05, 0.1) is 0 Å². The van der Waals surface area contributed by atoms with Crippen LogP contribution in [0.2, 0.25) is 0 Å². The highest BCUT2D eigenvalue weighted by Gasteiger charge is 2.10. The fourth-order valence-corrected chi connectivity index (χ4v) is 4.32. The van der Waals surface area contributed by atoms with Crippen molar-refractivity contribution in [3.63, 3.8) is 0 Å². The van der Waals surface area contributed by atoms with Crippen LogP contribution in [0.5, 0.6) is 0 Å². The van der Waals surface area contributed by atoms with Crippen LogP contribution in [0.4, 0.5) is 0 Å². The highest BCUT2D eigenvalue weighted by Crippen LogP contribution is 2.36. The first-order valence-electron chi connectivity index (χ1n) is 10.7. The molecule has 5 aromatic rings. The molecule has 0 spiro atoms. The second-order valence-electron chi connectivity index (χ2n) is 8.17. The van der Waals surface area contributed by atoms with Gasteiger partial charge in [-0.2, -0.15) is 0 Å². The lowest BCUT2D eigenvalue weighted by molar-refractivity contribution is 0.100. The Morgan fingerprint density at radius 3 is 1.28 bits per heavy atom. The van der Waals surface area contributed by atoms with Crippen molar-refractivity contribution in [2.75, 3.05) is 0 Å². The molecule has 0 aliphatic carbocycles. The number of rotatable bonds is 4. The minimum absolute atomic E-state index is 0.0703. The van der Waals surface area contributed by atoms with Crippen molar-refractivity contribution < 1.29 is 9.59 Å². The number of carbonyl (C=O) groups excluding carboxylic acids is 2. The highest BCUT2D eigenvalue weighted by molar-refractivity contribution is 6.09. The second-order valence-corrected chi connectivity index (χ2v) is 8.17. The molecule has 0 amide bonds. The SMILES string of the molecule is CC(=O)c1ccc(-c2cccc3cc4cccc(-c5ccc(C(C)=O)cc5)c4cc23)cc1. The van der Waals surface area contributed by atoms with E-state index in [1.165, 1.54) is 21.5 Å². The standard InChI is InChI=1S/C30H22O2/c1-19(31)21-9-13-23(14-10-21)27-7-3-5-25-17-26-6-4-8-28(30(26)18-29(25)27)24-15-11-22(12-16-24)20(2)32/h3-18H,1-2H3. The van der Waals surface area contributed by atoms with Gasteiger partial charge in [0.1, 0.15) is 0 Å². The van der Waals surface area contributed by atoms with Crippen LogP contribution in [0.15, 0.2) is 97.1 Å². The molecule has 0 N–H and O–H groups in total. The lowest BCUT2D eigenvalue weighted by Gasteiger charge is -2.12. The molecule has 0 unspecified atom stereocenters. The van der Waals surface area contributed by atoms with E-state index in [4.69, 9.17) is 0 Å². The zero-order chi connectivity index (χ0) is 22.2. The lowest BCUT2D eigenvalue weighted by Crippen LogP contribution is -1.92. The normalized spacial score (nSPS) is 11.1. The molecule has 0 aromatic heterocycles. The summed E-state index contributed by atoms with van der Waals surface area (Å²) in [6, 6.07) is 32.8. The van der Waals surface area contributed by atoms with E-state index in [0.717, 1.165) is 33.4 Å². The molecule has 2 heteroatoms. The second kappa shape index (κ2) is 7.90. The van der Waals surface area contributed by atoms with Gasteiger partial charge in [-0.15, -0.1) is 0 Å². The molecule has 5 rings (SSSR count). The minimum atomic E-state index is 0.0703.